The van der Waals surface area contributed by atoms with Crippen molar-refractivity contribution >= 4 is 52.8 Å². The van der Waals surface area contributed by atoms with Gasteiger partial charge in [-0.3, -0.25) is 4.98 Å². The number of hydrogen-bond donors (Lipinski definition) is 3. The van der Waals surface area contributed by atoms with E-state index >= 15 is 0 Å². The summed E-state index contributed by atoms with van der Waals surface area (Å²) in [5.41, 5.74) is 1.77. The Kier molecular flexibility index (Phi) is 10.9. The topological polar surface area (TPSA) is 115 Å². The minimum Gasteiger partial charge on any atom is -0.497 e. The van der Waals surface area contributed by atoms with E-state index in [0.717, 1.165) is 29.3 Å². The lowest BCUT2D eigenvalue weighted by molar-refractivity contribution is 0.0698. The Bertz CT molecular complexity index is 1410. The SMILES string of the molecule is CCCC[C@](C)(CO[Si](C)(C)C(C)(C)C)Nc1c(C(=O)O)c(NCc2ccc(OC)cc2OC)nc2cc(Br)cnc12. The van der Waals surface area contributed by atoms with Gasteiger partial charge in [0.1, 0.15) is 28.4 Å². The summed E-state index contributed by atoms with van der Waals surface area (Å²) in [7, 11) is 1.11. The van der Waals surface area contributed by atoms with Crippen LogP contribution >= 0.6 is 15.9 Å². The van der Waals surface area contributed by atoms with Crippen LogP contribution in [0.5, 0.6) is 11.5 Å². The first-order valence-electron chi connectivity index (χ1n) is 14.2. The first kappa shape index (κ1) is 33.6. The maximum absolute atomic E-state index is 12.9. The van der Waals surface area contributed by atoms with E-state index in [1.165, 1.54) is 0 Å². The third-order valence-electron chi connectivity index (χ3n) is 8.01. The van der Waals surface area contributed by atoms with Gasteiger partial charge >= 0.3 is 5.97 Å². The molecule has 1 aromatic carbocycles. The number of hydrogen-bond acceptors (Lipinski definition) is 8. The maximum atomic E-state index is 12.9. The fraction of sp³-hybridized carbons (Fsp3) is 0.516. The number of fused-ring (bicyclic) bond motifs is 1. The molecule has 2 aromatic heterocycles. The van der Waals surface area contributed by atoms with Gasteiger partial charge in [0.25, 0.3) is 0 Å². The van der Waals surface area contributed by atoms with E-state index in [2.05, 4.69) is 79.3 Å². The van der Waals surface area contributed by atoms with Crippen LogP contribution in [0.1, 0.15) is 69.8 Å². The van der Waals surface area contributed by atoms with E-state index < -0.39 is 19.8 Å². The largest absolute Gasteiger partial charge is 0.497 e. The van der Waals surface area contributed by atoms with E-state index in [9.17, 15) is 9.90 Å². The van der Waals surface area contributed by atoms with Gasteiger partial charge in [-0.05, 0) is 65.6 Å². The number of nitrogens with one attached hydrogen (secondary N) is 2. The lowest BCUT2D eigenvalue weighted by atomic mass is 9.94. The summed E-state index contributed by atoms with van der Waals surface area (Å²) in [6.45, 7) is 16.1. The van der Waals surface area contributed by atoms with Crippen molar-refractivity contribution in [1.82, 2.24) is 9.97 Å². The minimum atomic E-state index is -2.07. The highest BCUT2D eigenvalue weighted by molar-refractivity contribution is 9.10. The number of carbonyl (C=O) groups is 1. The summed E-state index contributed by atoms with van der Waals surface area (Å²) >= 11 is 3.49. The van der Waals surface area contributed by atoms with Crippen molar-refractivity contribution in [2.45, 2.75) is 84.1 Å². The zero-order chi connectivity index (χ0) is 31.3. The average molecular weight is 662 g/mol. The molecule has 0 spiro atoms. The molecule has 2 heterocycles. The number of rotatable bonds is 14. The van der Waals surface area contributed by atoms with Crippen molar-refractivity contribution < 1.29 is 23.8 Å². The van der Waals surface area contributed by atoms with E-state index in [1.807, 2.05) is 18.2 Å². The van der Waals surface area contributed by atoms with Crippen LogP contribution in [0.25, 0.3) is 11.0 Å². The van der Waals surface area contributed by atoms with Crippen LogP contribution in [0.4, 0.5) is 11.5 Å². The highest BCUT2D eigenvalue weighted by Gasteiger charge is 2.40. The number of carboxylic acids is 1. The van der Waals surface area contributed by atoms with Gasteiger partial charge in [-0.2, -0.15) is 0 Å². The molecule has 0 fully saturated rings. The lowest BCUT2D eigenvalue weighted by Gasteiger charge is -2.41. The molecular formula is C31H45BrN4O5Si. The quantitative estimate of drug-likeness (QED) is 0.147. The summed E-state index contributed by atoms with van der Waals surface area (Å²) in [4.78, 5) is 22.2. The van der Waals surface area contributed by atoms with Crippen molar-refractivity contribution in [2.75, 3.05) is 31.5 Å². The monoisotopic (exact) mass is 660 g/mol. The molecular weight excluding hydrogens is 616 g/mol. The molecule has 0 saturated heterocycles. The van der Waals surface area contributed by atoms with Crippen LogP contribution < -0.4 is 20.1 Å². The fourth-order valence-corrected chi connectivity index (χ4v) is 5.78. The van der Waals surface area contributed by atoms with Crippen LogP contribution in [0.15, 0.2) is 34.9 Å². The Balaban J connectivity index is 2.11. The van der Waals surface area contributed by atoms with Gasteiger partial charge in [0, 0.05) is 28.8 Å². The summed E-state index contributed by atoms with van der Waals surface area (Å²) in [6, 6.07) is 7.34. The molecule has 0 radical (unpaired) electrons. The molecule has 0 saturated carbocycles. The number of aromatic nitrogens is 2. The molecule has 11 heteroatoms. The molecule has 0 amide bonds. The Hall–Kier alpha value is -2.89. The molecule has 0 bridgehead atoms. The number of carboxylic acid groups (broad SMARTS) is 1. The first-order valence-corrected chi connectivity index (χ1v) is 17.9. The molecule has 42 heavy (non-hydrogen) atoms. The number of halogens is 1. The number of unbranched alkanes of at least 4 members (excludes halogenated alkanes) is 1. The van der Waals surface area contributed by atoms with Gasteiger partial charge in [0.05, 0.1) is 37.6 Å². The van der Waals surface area contributed by atoms with Gasteiger partial charge in [0.15, 0.2) is 8.32 Å². The molecule has 1 atom stereocenters. The number of anilines is 2. The van der Waals surface area contributed by atoms with Gasteiger partial charge in [0.2, 0.25) is 0 Å². The third-order valence-corrected chi connectivity index (χ3v) is 12.9. The highest BCUT2D eigenvalue weighted by Crippen LogP contribution is 2.39. The van der Waals surface area contributed by atoms with E-state index in [-0.39, 0.29) is 23.0 Å². The number of methoxy groups -OCH3 is 2. The van der Waals surface area contributed by atoms with E-state index in [0.29, 0.717) is 34.8 Å². The molecule has 0 aliphatic carbocycles. The second kappa shape index (κ2) is 13.6. The van der Waals surface area contributed by atoms with Crippen molar-refractivity contribution in [3.8, 4) is 11.5 Å². The van der Waals surface area contributed by atoms with Crippen LogP contribution in [0.3, 0.4) is 0 Å². The zero-order valence-electron chi connectivity index (χ0n) is 26.3. The summed E-state index contributed by atoms with van der Waals surface area (Å²) in [5, 5.41) is 17.5. The third kappa shape index (κ3) is 7.93. The number of aromatic carboxylic acids is 1. The molecule has 3 N–H and O–H groups in total. The van der Waals surface area contributed by atoms with Crippen molar-refractivity contribution in [3.63, 3.8) is 0 Å². The van der Waals surface area contributed by atoms with Gasteiger partial charge in [-0.25, -0.2) is 9.78 Å². The summed E-state index contributed by atoms with van der Waals surface area (Å²) < 4.78 is 18.3. The van der Waals surface area contributed by atoms with E-state index in [1.54, 1.807) is 26.5 Å². The molecule has 3 rings (SSSR count). The van der Waals surface area contributed by atoms with Crippen LogP contribution in [0.2, 0.25) is 18.1 Å². The maximum Gasteiger partial charge on any atom is 0.341 e. The molecule has 9 nitrogen and oxygen atoms in total. The van der Waals surface area contributed by atoms with Crippen LogP contribution in [-0.2, 0) is 11.0 Å². The van der Waals surface area contributed by atoms with Crippen molar-refractivity contribution in [3.05, 3.63) is 46.1 Å². The zero-order valence-corrected chi connectivity index (χ0v) is 28.9. The Labute approximate surface area is 259 Å². The molecule has 230 valence electrons. The summed E-state index contributed by atoms with van der Waals surface area (Å²) in [5.74, 6) is 0.416. The normalized spacial score (nSPS) is 13.5. The highest BCUT2D eigenvalue weighted by atomic mass is 79.9. The minimum absolute atomic E-state index is 0.0276. The van der Waals surface area contributed by atoms with Crippen LogP contribution in [-0.4, -0.2) is 55.7 Å². The summed E-state index contributed by atoms with van der Waals surface area (Å²) in [6.07, 6.45) is 4.41. The molecule has 3 aromatic rings. The van der Waals surface area contributed by atoms with Gasteiger partial charge in [-0.1, -0.05) is 40.5 Å². The number of pyridine rings is 2. The van der Waals surface area contributed by atoms with Gasteiger partial charge in [-0.15, -0.1) is 0 Å². The number of nitrogens with zero attached hydrogens (tertiary/aromatic N) is 2. The molecule has 0 aliphatic heterocycles. The predicted octanol–water partition coefficient (Wildman–Crippen LogP) is 8.10. The second-order valence-corrected chi connectivity index (χ2v) is 18.1. The van der Waals surface area contributed by atoms with Crippen molar-refractivity contribution in [1.29, 1.82) is 0 Å². The van der Waals surface area contributed by atoms with E-state index in [4.69, 9.17) is 18.9 Å². The molecule has 0 aliphatic rings. The Morgan fingerprint density at radius 1 is 1.12 bits per heavy atom. The predicted molar refractivity (Wildman–Crippen MR) is 176 cm³/mol. The Morgan fingerprint density at radius 2 is 1.83 bits per heavy atom. The standard InChI is InChI=1S/C31H45BrN4O5Si/c1-10-11-14-31(5,19-41-42(8,9)30(2,3)4)36-27-25(29(37)38)28(35-23-15-21(32)18-33-26(23)27)34-17-20-12-13-22(39-6)16-24(20)40-7/h12-13,15-16,18H,10-11,14,17,19H2,1-9H3,(H,37,38)(H2,34,35,36)/t31-/m1/s1. The average Bonchev–Trinajstić information content (AvgIpc) is 2.92. The van der Waals surface area contributed by atoms with Crippen molar-refractivity contribution in [2.24, 2.45) is 0 Å². The van der Waals surface area contributed by atoms with Gasteiger partial charge < -0.3 is 29.6 Å². The number of benzene rings is 1. The number of ether oxygens (including phenoxy) is 2. The second-order valence-electron chi connectivity index (χ2n) is 12.4. The Morgan fingerprint density at radius 3 is 2.43 bits per heavy atom. The first-order chi connectivity index (χ1) is 19.6. The smallest absolute Gasteiger partial charge is 0.341 e. The lowest BCUT2D eigenvalue weighted by Crippen LogP contribution is -2.48. The fourth-order valence-electron chi connectivity index (χ4n) is 4.35. The molecule has 0 unspecified atom stereocenters. The van der Waals surface area contributed by atoms with Crippen LogP contribution in [0, 0.1) is 0 Å².